The van der Waals surface area contributed by atoms with Gasteiger partial charge in [0.2, 0.25) is 6.41 Å². The fourth-order valence-electron chi connectivity index (χ4n) is 4.26. The lowest BCUT2D eigenvalue weighted by atomic mass is 9.88. The van der Waals surface area contributed by atoms with Gasteiger partial charge in [-0.25, -0.2) is 9.18 Å². The van der Waals surface area contributed by atoms with Crippen molar-refractivity contribution in [2.45, 2.75) is 92.1 Å². The van der Waals surface area contributed by atoms with Crippen molar-refractivity contribution in [3.63, 3.8) is 0 Å². The number of nitrogens with one attached hydrogen (secondary N) is 1. The minimum absolute atomic E-state index is 0. The Morgan fingerprint density at radius 1 is 1.14 bits per heavy atom. The van der Waals surface area contributed by atoms with Gasteiger partial charge in [0.15, 0.2) is 0 Å². The Labute approximate surface area is 222 Å². The van der Waals surface area contributed by atoms with Gasteiger partial charge in [-0.05, 0) is 75.8 Å². The maximum absolute atomic E-state index is 13.0. The molecule has 37 heavy (non-hydrogen) atoms. The highest BCUT2D eigenvalue weighted by atomic mass is 19.1. The fourth-order valence-corrected chi connectivity index (χ4v) is 4.26. The molecular weight excluding hydrogens is 471 g/mol. The highest BCUT2D eigenvalue weighted by Crippen LogP contribution is 2.34. The summed E-state index contributed by atoms with van der Waals surface area (Å²) in [7, 11) is 0. The third-order valence-corrected chi connectivity index (χ3v) is 5.83. The first-order valence-electron chi connectivity index (χ1n) is 12.8. The Hall–Kier alpha value is -2.93. The molecule has 2 aromatic rings. The SMILES string of the molecule is C.CC.C[C@H]1CC[C@H](CNC(=O)OC(C)(C)C)O1.O=CN1CCc2ccccc2[C@@H]1c1ccc(F)cc1. The van der Waals surface area contributed by atoms with E-state index in [1.165, 1.54) is 17.7 Å². The van der Waals surface area contributed by atoms with Crippen molar-refractivity contribution in [2.24, 2.45) is 0 Å². The van der Waals surface area contributed by atoms with Crippen LogP contribution in [0.2, 0.25) is 0 Å². The summed E-state index contributed by atoms with van der Waals surface area (Å²) in [5.74, 6) is -0.259. The number of amides is 2. The van der Waals surface area contributed by atoms with Crippen LogP contribution in [0.15, 0.2) is 48.5 Å². The minimum atomic E-state index is -0.437. The molecule has 0 aliphatic carbocycles. The van der Waals surface area contributed by atoms with E-state index in [9.17, 15) is 14.0 Å². The van der Waals surface area contributed by atoms with E-state index in [0.717, 1.165) is 36.8 Å². The Kier molecular flexibility index (Phi) is 13.3. The van der Waals surface area contributed by atoms with Crippen molar-refractivity contribution in [3.8, 4) is 0 Å². The van der Waals surface area contributed by atoms with Crippen LogP contribution < -0.4 is 5.32 Å². The summed E-state index contributed by atoms with van der Waals surface area (Å²) in [4.78, 5) is 24.4. The van der Waals surface area contributed by atoms with Crippen LogP contribution in [0.1, 0.15) is 84.5 Å². The summed E-state index contributed by atoms with van der Waals surface area (Å²) in [6, 6.07) is 14.4. The molecule has 0 bridgehead atoms. The van der Waals surface area contributed by atoms with Gasteiger partial charge < -0.3 is 19.7 Å². The molecule has 0 aromatic heterocycles. The molecule has 0 radical (unpaired) electrons. The second-order valence-electron chi connectivity index (χ2n) is 9.77. The zero-order chi connectivity index (χ0) is 26.7. The molecule has 2 aromatic carbocycles. The first kappa shape index (κ1) is 32.1. The van der Waals surface area contributed by atoms with Crippen LogP contribution in [0.3, 0.4) is 0 Å². The Balaban J connectivity index is 0.000000347. The maximum atomic E-state index is 13.0. The number of carbonyl (C=O) groups excluding carboxylic acids is 2. The van der Waals surface area contributed by atoms with E-state index in [4.69, 9.17) is 9.47 Å². The largest absolute Gasteiger partial charge is 0.444 e. The predicted octanol–water partition coefficient (Wildman–Crippen LogP) is 6.67. The quantitative estimate of drug-likeness (QED) is 0.461. The number of carbonyl (C=O) groups is 2. The van der Waals surface area contributed by atoms with Gasteiger partial charge in [-0.2, -0.15) is 0 Å². The van der Waals surface area contributed by atoms with Crippen LogP contribution in [0.25, 0.3) is 0 Å². The molecule has 6 nitrogen and oxygen atoms in total. The number of rotatable bonds is 4. The van der Waals surface area contributed by atoms with Crippen molar-refractivity contribution < 1.29 is 23.5 Å². The summed E-state index contributed by atoms with van der Waals surface area (Å²) >= 11 is 0. The van der Waals surface area contributed by atoms with Crippen LogP contribution in [-0.2, 0) is 20.7 Å². The summed E-state index contributed by atoms with van der Waals surface area (Å²) in [6.45, 7) is 12.8. The molecular formula is C30H45FN2O4. The van der Waals surface area contributed by atoms with Crippen molar-refractivity contribution in [1.29, 1.82) is 0 Å². The topological polar surface area (TPSA) is 67.9 Å². The van der Waals surface area contributed by atoms with Gasteiger partial charge in [-0.1, -0.05) is 57.7 Å². The molecule has 1 fully saturated rings. The third-order valence-electron chi connectivity index (χ3n) is 5.83. The van der Waals surface area contributed by atoms with Gasteiger partial charge in [0.05, 0.1) is 18.2 Å². The first-order chi connectivity index (χ1) is 17.2. The van der Waals surface area contributed by atoms with Crippen LogP contribution >= 0.6 is 0 Å². The highest BCUT2D eigenvalue weighted by molar-refractivity contribution is 5.67. The molecule has 0 spiro atoms. The Morgan fingerprint density at radius 2 is 1.78 bits per heavy atom. The van der Waals surface area contributed by atoms with Gasteiger partial charge in [-0.15, -0.1) is 0 Å². The minimum Gasteiger partial charge on any atom is -0.444 e. The zero-order valence-electron chi connectivity index (χ0n) is 22.4. The number of hydrogen-bond acceptors (Lipinski definition) is 4. The van der Waals surface area contributed by atoms with E-state index in [0.29, 0.717) is 19.2 Å². The Morgan fingerprint density at radius 3 is 2.35 bits per heavy atom. The van der Waals surface area contributed by atoms with E-state index in [1.54, 1.807) is 17.0 Å². The molecule has 2 amide bonds. The molecule has 1 N–H and O–H groups in total. The summed E-state index contributed by atoms with van der Waals surface area (Å²) < 4.78 is 23.7. The number of ether oxygens (including phenoxy) is 2. The van der Waals surface area contributed by atoms with Gasteiger partial charge in [0.1, 0.15) is 11.4 Å². The summed E-state index contributed by atoms with van der Waals surface area (Å²) in [5.41, 5.74) is 2.90. The lowest BCUT2D eigenvalue weighted by Gasteiger charge is -2.35. The van der Waals surface area contributed by atoms with Gasteiger partial charge in [0.25, 0.3) is 0 Å². The van der Waals surface area contributed by atoms with Gasteiger partial charge in [-0.3, -0.25) is 4.79 Å². The maximum Gasteiger partial charge on any atom is 0.407 e. The lowest BCUT2D eigenvalue weighted by Crippen LogP contribution is -2.36. The van der Waals surface area contributed by atoms with Crippen LogP contribution in [-0.4, -0.2) is 48.3 Å². The molecule has 2 heterocycles. The van der Waals surface area contributed by atoms with E-state index >= 15 is 0 Å². The molecule has 0 unspecified atom stereocenters. The number of fused-ring (bicyclic) bond motifs is 1. The van der Waals surface area contributed by atoms with Crippen LogP contribution in [0.5, 0.6) is 0 Å². The standard InChI is InChI=1S/C16H14FNO.C11H21NO3.C2H6.CH4/c17-14-7-5-13(6-8-14)16-15-4-2-1-3-12(15)9-10-18(16)11-19;1-8-5-6-9(14-8)7-12-10(13)15-11(2,3)4;1-2;/h1-8,11,16H,9-10H2;8-9H,5-7H2,1-4H3,(H,12,13);1-2H3;1H4/t16-;8-,9+;;/m00../s1. The molecule has 2 aliphatic heterocycles. The molecule has 0 saturated carbocycles. The average Bonchev–Trinajstić information content (AvgIpc) is 3.28. The molecule has 1 saturated heterocycles. The van der Waals surface area contributed by atoms with Crippen molar-refractivity contribution >= 4 is 12.5 Å². The number of nitrogens with zero attached hydrogens (tertiary/aromatic N) is 1. The second kappa shape index (κ2) is 15.4. The molecule has 4 rings (SSSR count). The number of halogens is 1. The number of benzene rings is 2. The zero-order valence-corrected chi connectivity index (χ0v) is 22.4. The first-order valence-corrected chi connectivity index (χ1v) is 12.8. The number of alkyl carbamates (subject to hydrolysis) is 1. The van der Waals surface area contributed by atoms with E-state index in [2.05, 4.69) is 11.4 Å². The second-order valence-corrected chi connectivity index (χ2v) is 9.77. The van der Waals surface area contributed by atoms with Gasteiger partial charge in [0, 0.05) is 13.1 Å². The van der Waals surface area contributed by atoms with Crippen molar-refractivity contribution in [2.75, 3.05) is 13.1 Å². The molecule has 3 atom stereocenters. The molecule has 2 aliphatic rings. The Bertz CT molecular complexity index is 959. The van der Waals surface area contributed by atoms with Crippen molar-refractivity contribution in [1.82, 2.24) is 10.2 Å². The van der Waals surface area contributed by atoms with Crippen molar-refractivity contribution in [3.05, 3.63) is 71.0 Å². The third kappa shape index (κ3) is 10.2. The monoisotopic (exact) mass is 516 g/mol. The summed E-state index contributed by atoms with van der Waals surface area (Å²) in [5, 5.41) is 2.72. The molecule has 7 heteroatoms. The van der Waals surface area contributed by atoms with Crippen LogP contribution in [0, 0.1) is 5.82 Å². The normalized spacial score (nSPS) is 20.1. The van der Waals surface area contributed by atoms with E-state index in [-0.39, 0.29) is 31.5 Å². The molecule has 206 valence electrons. The fraction of sp³-hybridized carbons (Fsp3) is 0.533. The lowest BCUT2D eigenvalue weighted by molar-refractivity contribution is -0.119. The summed E-state index contributed by atoms with van der Waals surface area (Å²) in [6.07, 6.45) is 3.92. The van der Waals surface area contributed by atoms with Gasteiger partial charge >= 0.3 is 6.09 Å². The van der Waals surface area contributed by atoms with E-state index < -0.39 is 5.60 Å². The predicted molar refractivity (Wildman–Crippen MR) is 147 cm³/mol. The van der Waals surface area contributed by atoms with Crippen LogP contribution in [0.4, 0.5) is 9.18 Å². The van der Waals surface area contributed by atoms with E-state index in [1.807, 2.05) is 59.7 Å². The average molecular weight is 517 g/mol. The highest BCUT2D eigenvalue weighted by Gasteiger charge is 2.27. The smallest absolute Gasteiger partial charge is 0.407 e. The number of hydrogen-bond donors (Lipinski definition) is 1.